The molecule has 3 N–H and O–H groups in total. The quantitative estimate of drug-likeness (QED) is 0.775. The van der Waals surface area contributed by atoms with Crippen molar-refractivity contribution in [3.05, 3.63) is 42.7 Å². The third kappa shape index (κ3) is 4.13. The number of anilines is 3. The number of para-hydroxylation sites is 1. The van der Waals surface area contributed by atoms with Gasteiger partial charge in [0.1, 0.15) is 0 Å². The Bertz CT molecular complexity index is 483. The molecule has 0 bridgehead atoms. The van der Waals surface area contributed by atoms with E-state index in [-0.39, 0.29) is 0 Å². The molecule has 0 aliphatic carbocycles. The predicted molar refractivity (Wildman–Crippen MR) is 79.3 cm³/mol. The van der Waals surface area contributed by atoms with E-state index < -0.39 is 0 Å². The molecule has 0 amide bonds. The van der Waals surface area contributed by atoms with Crippen LogP contribution >= 0.6 is 0 Å². The van der Waals surface area contributed by atoms with Gasteiger partial charge in [-0.3, -0.25) is 0 Å². The molecule has 1 heterocycles. The number of hydrogen-bond donors (Lipinski definition) is 2. The first-order valence-corrected chi connectivity index (χ1v) is 6.33. The van der Waals surface area contributed by atoms with Crippen LogP contribution in [0.1, 0.15) is 6.42 Å². The van der Waals surface area contributed by atoms with Crippen LogP contribution in [-0.2, 0) is 0 Å². The Balaban J connectivity index is 1.71. The highest BCUT2D eigenvalue weighted by molar-refractivity contribution is 5.44. The predicted octanol–water partition coefficient (Wildman–Crippen LogP) is 2.00. The van der Waals surface area contributed by atoms with E-state index in [4.69, 9.17) is 5.73 Å². The minimum absolute atomic E-state index is 0.578. The first kappa shape index (κ1) is 13.1. The fourth-order valence-corrected chi connectivity index (χ4v) is 1.76. The lowest BCUT2D eigenvalue weighted by molar-refractivity contribution is 0.811. The van der Waals surface area contributed by atoms with Crippen molar-refractivity contribution >= 4 is 17.3 Å². The Morgan fingerprint density at radius 1 is 1.16 bits per heavy atom. The van der Waals surface area contributed by atoms with E-state index in [1.165, 1.54) is 5.69 Å². The summed E-state index contributed by atoms with van der Waals surface area (Å²) in [6.45, 7) is 1.81. The molecule has 1 aromatic carbocycles. The van der Waals surface area contributed by atoms with E-state index >= 15 is 0 Å². The van der Waals surface area contributed by atoms with Gasteiger partial charge in [-0.15, -0.1) is 0 Å². The molecule has 0 aliphatic heterocycles. The normalized spacial score (nSPS) is 10.2. The van der Waals surface area contributed by atoms with Crippen LogP contribution in [0.2, 0.25) is 0 Å². The highest BCUT2D eigenvalue weighted by Gasteiger charge is 1.99. The molecule has 2 aromatic rings. The maximum Gasteiger partial charge on any atom is 0.222 e. The van der Waals surface area contributed by atoms with Gasteiger partial charge >= 0.3 is 0 Å². The maximum absolute atomic E-state index is 5.53. The third-order valence-electron chi connectivity index (χ3n) is 2.82. The number of nitrogen functional groups attached to an aromatic ring is 1. The maximum atomic E-state index is 5.53. The number of hydrogen-bond acceptors (Lipinski definition) is 5. The largest absolute Gasteiger partial charge is 0.396 e. The second-order valence-electron chi connectivity index (χ2n) is 4.38. The lowest BCUT2D eigenvalue weighted by Gasteiger charge is -2.19. The monoisotopic (exact) mass is 257 g/mol. The topological polar surface area (TPSA) is 67.1 Å². The summed E-state index contributed by atoms with van der Waals surface area (Å²) in [5, 5.41) is 3.17. The molecule has 0 saturated heterocycles. The van der Waals surface area contributed by atoms with Crippen molar-refractivity contribution in [3.8, 4) is 0 Å². The van der Waals surface area contributed by atoms with Crippen LogP contribution in [0.3, 0.4) is 0 Å². The average Bonchev–Trinajstić information content (AvgIpc) is 2.46. The van der Waals surface area contributed by atoms with Gasteiger partial charge in [0.2, 0.25) is 5.95 Å². The molecular formula is C14H19N5. The third-order valence-corrected chi connectivity index (χ3v) is 2.82. The van der Waals surface area contributed by atoms with E-state index in [2.05, 4.69) is 39.4 Å². The number of nitrogens with two attached hydrogens (primary N) is 1. The van der Waals surface area contributed by atoms with Crippen LogP contribution in [0, 0.1) is 0 Å². The molecule has 100 valence electrons. The number of aromatic nitrogens is 2. The summed E-state index contributed by atoms with van der Waals surface area (Å²) in [6.07, 6.45) is 4.22. The number of benzene rings is 1. The minimum Gasteiger partial charge on any atom is -0.396 e. The van der Waals surface area contributed by atoms with Gasteiger partial charge in [-0.1, -0.05) is 18.2 Å². The molecule has 0 atom stereocenters. The fraction of sp³-hybridized carbons (Fsp3) is 0.286. The van der Waals surface area contributed by atoms with E-state index in [1.54, 1.807) is 12.4 Å². The van der Waals surface area contributed by atoms with Crippen molar-refractivity contribution in [1.82, 2.24) is 9.97 Å². The van der Waals surface area contributed by atoms with Gasteiger partial charge in [0.25, 0.3) is 0 Å². The summed E-state index contributed by atoms with van der Waals surface area (Å²) in [4.78, 5) is 10.4. The second-order valence-corrected chi connectivity index (χ2v) is 4.38. The van der Waals surface area contributed by atoms with Gasteiger partial charge in [0, 0.05) is 25.8 Å². The van der Waals surface area contributed by atoms with Gasteiger partial charge in [-0.2, -0.15) is 0 Å². The second kappa shape index (κ2) is 6.58. The van der Waals surface area contributed by atoms with Gasteiger partial charge in [0.05, 0.1) is 18.1 Å². The SMILES string of the molecule is CN(CCCNc1ncc(N)cn1)c1ccccc1. The smallest absolute Gasteiger partial charge is 0.222 e. The highest BCUT2D eigenvalue weighted by atomic mass is 15.1. The lowest BCUT2D eigenvalue weighted by Crippen LogP contribution is -2.21. The van der Waals surface area contributed by atoms with E-state index in [0.717, 1.165) is 19.5 Å². The molecular weight excluding hydrogens is 238 g/mol. The summed E-state index contributed by atoms with van der Waals surface area (Å²) < 4.78 is 0. The van der Waals surface area contributed by atoms with Crippen LogP contribution in [-0.4, -0.2) is 30.1 Å². The minimum atomic E-state index is 0.578. The zero-order chi connectivity index (χ0) is 13.5. The summed E-state index contributed by atoms with van der Waals surface area (Å²) in [7, 11) is 2.09. The molecule has 5 nitrogen and oxygen atoms in total. The van der Waals surface area contributed by atoms with Crippen molar-refractivity contribution in [2.75, 3.05) is 36.1 Å². The molecule has 19 heavy (non-hydrogen) atoms. The number of rotatable bonds is 6. The molecule has 1 aromatic heterocycles. The molecule has 5 heteroatoms. The van der Waals surface area contributed by atoms with Crippen molar-refractivity contribution in [2.24, 2.45) is 0 Å². The Hall–Kier alpha value is -2.30. The first-order chi connectivity index (χ1) is 9.25. The van der Waals surface area contributed by atoms with Gasteiger partial charge in [-0.05, 0) is 18.6 Å². The molecule has 0 saturated carbocycles. The van der Waals surface area contributed by atoms with Crippen molar-refractivity contribution in [2.45, 2.75) is 6.42 Å². The molecule has 0 unspecified atom stereocenters. The lowest BCUT2D eigenvalue weighted by atomic mass is 10.3. The summed E-state index contributed by atoms with van der Waals surface area (Å²) in [5.41, 5.74) is 7.33. The van der Waals surface area contributed by atoms with Gasteiger partial charge in [-0.25, -0.2) is 9.97 Å². The van der Waals surface area contributed by atoms with Crippen LogP contribution in [0.25, 0.3) is 0 Å². The van der Waals surface area contributed by atoms with E-state index in [9.17, 15) is 0 Å². The van der Waals surface area contributed by atoms with Gasteiger partial charge < -0.3 is 16.0 Å². The Morgan fingerprint density at radius 3 is 2.53 bits per heavy atom. The van der Waals surface area contributed by atoms with Crippen LogP contribution in [0.5, 0.6) is 0 Å². The number of nitrogens with zero attached hydrogens (tertiary/aromatic N) is 3. The van der Waals surface area contributed by atoms with Crippen LogP contribution in [0.15, 0.2) is 42.7 Å². The molecule has 0 spiro atoms. The zero-order valence-electron chi connectivity index (χ0n) is 11.1. The van der Waals surface area contributed by atoms with E-state index in [1.807, 2.05) is 18.2 Å². The molecule has 0 radical (unpaired) electrons. The van der Waals surface area contributed by atoms with Crippen molar-refractivity contribution in [3.63, 3.8) is 0 Å². The molecule has 0 aliphatic rings. The summed E-state index contributed by atoms with van der Waals surface area (Å²) in [6, 6.07) is 10.3. The average molecular weight is 257 g/mol. The molecule has 0 fully saturated rings. The van der Waals surface area contributed by atoms with Gasteiger partial charge in [0.15, 0.2) is 0 Å². The highest BCUT2D eigenvalue weighted by Crippen LogP contribution is 2.10. The standard InChI is InChI=1S/C14H19N5/c1-19(13-6-3-2-4-7-13)9-5-8-16-14-17-10-12(15)11-18-14/h2-4,6-7,10-11H,5,8-9,15H2,1H3,(H,16,17,18). The van der Waals surface area contributed by atoms with Crippen molar-refractivity contribution < 1.29 is 0 Å². The van der Waals surface area contributed by atoms with Crippen molar-refractivity contribution in [1.29, 1.82) is 0 Å². The number of nitrogens with one attached hydrogen (secondary N) is 1. The fourth-order valence-electron chi connectivity index (χ4n) is 1.76. The summed E-state index contributed by atoms with van der Waals surface area (Å²) in [5.74, 6) is 0.622. The van der Waals surface area contributed by atoms with Crippen LogP contribution < -0.4 is 16.0 Å². The Labute approximate surface area is 113 Å². The first-order valence-electron chi connectivity index (χ1n) is 6.33. The Morgan fingerprint density at radius 2 is 1.84 bits per heavy atom. The summed E-state index contributed by atoms with van der Waals surface area (Å²) >= 11 is 0. The zero-order valence-corrected chi connectivity index (χ0v) is 11.1. The Kier molecular flexibility index (Phi) is 4.55. The molecule has 2 rings (SSSR count). The van der Waals surface area contributed by atoms with Crippen LogP contribution in [0.4, 0.5) is 17.3 Å². The van der Waals surface area contributed by atoms with E-state index in [0.29, 0.717) is 11.6 Å².